The van der Waals surface area contributed by atoms with Crippen LogP contribution in [-0.4, -0.2) is 18.4 Å². The second kappa shape index (κ2) is 4.96. The van der Waals surface area contributed by atoms with E-state index in [4.69, 9.17) is 0 Å². The van der Waals surface area contributed by atoms with Gasteiger partial charge in [-0.1, -0.05) is 30.3 Å². The molecule has 15 heavy (non-hydrogen) atoms. The molecular weight excluding hydrogens is 203 g/mol. The van der Waals surface area contributed by atoms with E-state index in [1.54, 1.807) is 0 Å². The molecule has 0 saturated heterocycles. The number of alkyl halides is 3. The molecule has 0 amide bonds. The average molecular weight is 215 g/mol. The molecule has 1 aromatic carbocycles. The Hall–Kier alpha value is -1.32. The maximum absolute atomic E-state index is 12.0. The van der Waals surface area contributed by atoms with Gasteiger partial charge in [-0.25, -0.2) is 0 Å². The standard InChI is InChI=1S/C11H12F3N/c1-9(11(12,13)14)15-8-7-10-5-3-2-4-6-10/h2-6H,7-8H2,1H3. The number of halogens is 3. The lowest BCUT2D eigenvalue weighted by Gasteiger charge is -2.05. The van der Waals surface area contributed by atoms with Gasteiger partial charge in [0, 0.05) is 6.54 Å². The van der Waals surface area contributed by atoms with Crippen molar-refractivity contribution in [1.82, 2.24) is 0 Å². The summed E-state index contributed by atoms with van der Waals surface area (Å²) in [6.45, 7) is 1.17. The van der Waals surface area contributed by atoms with Crippen molar-refractivity contribution in [1.29, 1.82) is 0 Å². The zero-order valence-electron chi connectivity index (χ0n) is 8.38. The van der Waals surface area contributed by atoms with Crippen molar-refractivity contribution in [2.75, 3.05) is 6.54 Å². The van der Waals surface area contributed by atoms with Gasteiger partial charge in [0.2, 0.25) is 0 Å². The number of hydrogen-bond donors (Lipinski definition) is 0. The first kappa shape index (κ1) is 11.8. The van der Waals surface area contributed by atoms with Gasteiger partial charge in [0.25, 0.3) is 0 Å². The second-order valence-electron chi connectivity index (χ2n) is 3.20. The fourth-order valence-electron chi connectivity index (χ4n) is 1.09. The van der Waals surface area contributed by atoms with Crippen LogP contribution in [0, 0.1) is 0 Å². The molecule has 0 aliphatic rings. The van der Waals surface area contributed by atoms with Crippen molar-refractivity contribution in [2.45, 2.75) is 19.5 Å². The highest BCUT2D eigenvalue weighted by atomic mass is 19.4. The Balaban J connectivity index is 2.46. The molecule has 0 spiro atoms. The lowest BCUT2D eigenvalue weighted by atomic mass is 10.1. The minimum absolute atomic E-state index is 0.176. The fourth-order valence-corrected chi connectivity index (χ4v) is 1.09. The Morgan fingerprint density at radius 3 is 2.33 bits per heavy atom. The topological polar surface area (TPSA) is 12.4 Å². The molecule has 0 heterocycles. The number of nitrogens with zero attached hydrogens (tertiary/aromatic N) is 1. The van der Waals surface area contributed by atoms with E-state index in [0.29, 0.717) is 6.42 Å². The maximum atomic E-state index is 12.0. The Kier molecular flexibility index (Phi) is 3.88. The monoisotopic (exact) mass is 215 g/mol. The summed E-state index contributed by atoms with van der Waals surface area (Å²) in [5, 5.41) is 0. The summed E-state index contributed by atoms with van der Waals surface area (Å²) in [5.41, 5.74) is 0.231. The normalized spacial score (nSPS) is 12.9. The highest BCUT2D eigenvalue weighted by Gasteiger charge is 2.31. The van der Waals surface area contributed by atoms with Gasteiger partial charge >= 0.3 is 6.18 Å². The summed E-state index contributed by atoms with van der Waals surface area (Å²) in [7, 11) is 0. The Bertz CT molecular complexity index is 327. The number of hydrogen-bond acceptors (Lipinski definition) is 1. The first-order valence-corrected chi connectivity index (χ1v) is 4.62. The summed E-state index contributed by atoms with van der Waals surface area (Å²) < 4.78 is 36.1. The quantitative estimate of drug-likeness (QED) is 0.686. The van der Waals surface area contributed by atoms with Gasteiger partial charge in [-0.15, -0.1) is 0 Å². The molecule has 0 fully saturated rings. The summed E-state index contributed by atoms with van der Waals surface area (Å²) in [4.78, 5) is 3.48. The first-order chi connectivity index (χ1) is 7.00. The van der Waals surface area contributed by atoms with Crippen molar-refractivity contribution >= 4 is 5.71 Å². The molecule has 0 unspecified atom stereocenters. The Labute approximate surface area is 86.6 Å². The molecular formula is C11H12F3N. The van der Waals surface area contributed by atoms with Crippen LogP contribution in [0.25, 0.3) is 0 Å². The molecule has 0 aliphatic heterocycles. The largest absolute Gasteiger partial charge is 0.428 e. The predicted molar refractivity (Wildman–Crippen MR) is 54.2 cm³/mol. The third-order valence-corrected chi connectivity index (χ3v) is 2.00. The summed E-state index contributed by atoms with van der Waals surface area (Å²) >= 11 is 0. The van der Waals surface area contributed by atoms with Gasteiger partial charge in [-0.05, 0) is 18.9 Å². The molecule has 82 valence electrons. The van der Waals surface area contributed by atoms with Gasteiger partial charge in [-0.2, -0.15) is 13.2 Å². The van der Waals surface area contributed by atoms with Crippen LogP contribution < -0.4 is 0 Å². The van der Waals surface area contributed by atoms with Crippen LogP contribution in [0.4, 0.5) is 13.2 Å². The molecule has 0 aliphatic carbocycles. The summed E-state index contributed by atoms with van der Waals surface area (Å²) in [6.07, 6.45) is -3.76. The van der Waals surface area contributed by atoms with Crippen LogP contribution in [0.3, 0.4) is 0 Å². The van der Waals surface area contributed by atoms with Crippen LogP contribution in [0.1, 0.15) is 12.5 Å². The SMILES string of the molecule is CC(=NCCc1ccccc1)C(F)(F)F. The molecule has 0 atom stereocenters. The van der Waals surface area contributed by atoms with Crippen LogP contribution >= 0.6 is 0 Å². The van der Waals surface area contributed by atoms with Crippen LogP contribution in [0.5, 0.6) is 0 Å². The molecule has 1 aromatic rings. The van der Waals surface area contributed by atoms with Crippen molar-refractivity contribution in [3.8, 4) is 0 Å². The maximum Gasteiger partial charge on any atom is 0.428 e. The van der Waals surface area contributed by atoms with Crippen LogP contribution in [-0.2, 0) is 6.42 Å². The van der Waals surface area contributed by atoms with E-state index in [1.165, 1.54) is 0 Å². The lowest BCUT2D eigenvalue weighted by molar-refractivity contribution is -0.0593. The van der Waals surface area contributed by atoms with Crippen molar-refractivity contribution in [3.63, 3.8) is 0 Å². The minimum Gasteiger partial charge on any atom is -0.285 e. The van der Waals surface area contributed by atoms with Gasteiger partial charge in [0.05, 0.1) is 0 Å². The van der Waals surface area contributed by atoms with Crippen molar-refractivity contribution in [3.05, 3.63) is 35.9 Å². The second-order valence-corrected chi connectivity index (χ2v) is 3.20. The van der Waals surface area contributed by atoms with Gasteiger partial charge in [0.15, 0.2) is 0 Å². The lowest BCUT2D eigenvalue weighted by Crippen LogP contribution is -2.19. The van der Waals surface area contributed by atoms with E-state index in [1.807, 2.05) is 30.3 Å². The molecule has 0 N–H and O–H groups in total. The predicted octanol–water partition coefficient (Wildman–Crippen LogP) is 3.25. The van der Waals surface area contributed by atoms with E-state index in [2.05, 4.69) is 4.99 Å². The summed E-state index contributed by atoms with van der Waals surface area (Å²) in [5.74, 6) is 0. The van der Waals surface area contributed by atoms with E-state index in [9.17, 15) is 13.2 Å². The zero-order valence-corrected chi connectivity index (χ0v) is 8.38. The third-order valence-electron chi connectivity index (χ3n) is 2.00. The van der Waals surface area contributed by atoms with E-state index in [-0.39, 0.29) is 6.54 Å². The fraction of sp³-hybridized carbons (Fsp3) is 0.364. The number of rotatable bonds is 3. The van der Waals surface area contributed by atoms with Gasteiger partial charge in [0.1, 0.15) is 5.71 Å². The van der Waals surface area contributed by atoms with E-state index < -0.39 is 11.9 Å². The summed E-state index contributed by atoms with van der Waals surface area (Å²) in [6, 6.07) is 9.33. The molecule has 1 rings (SSSR count). The highest BCUT2D eigenvalue weighted by Crippen LogP contribution is 2.16. The van der Waals surface area contributed by atoms with Crippen molar-refractivity contribution in [2.24, 2.45) is 4.99 Å². The number of aliphatic imine (C=N–C) groups is 1. The third kappa shape index (κ3) is 4.14. The molecule has 0 bridgehead atoms. The van der Waals surface area contributed by atoms with Gasteiger partial charge in [-0.3, -0.25) is 4.99 Å². The molecule has 0 saturated carbocycles. The van der Waals surface area contributed by atoms with Crippen LogP contribution in [0.15, 0.2) is 35.3 Å². The molecule has 0 radical (unpaired) electrons. The van der Waals surface area contributed by atoms with Crippen molar-refractivity contribution < 1.29 is 13.2 Å². The first-order valence-electron chi connectivity index (χ1n) is 4.62. The molecule has 4 heteroatoms. The molecule has 1 nitrogen and oxygen atoms in total. The zero-order chi connectivity index (χ0) is 11.3. The van der Waals surface area contributed by atoms with Gasteiger partial charge < -0.3 is 0 Å². The van der Waals surface area contributed by atoms with Crippen LogP contribution in [0.2, 0.25) is 0 Å². The number of benzene rings is 1. The molecule has 0 aromatic heterocycles. The average Bonchev–Trinajstić information content (AvgIpc) is 2.18. The van der Waals surface area contributed by atoms with E-state index in [0.717, 1.165) is 12.5 Å². The smallest absolute Gasteiger partial charge is 0.285 e. The Morgan fingerprint density at radius 2 is 1.80 bits per heavy atom. The van der Waals surface area contributed by atoms with E-state index >= 15 is 0 Å². The Morgan fingerprint density at radius 1 is 1.20 bits per heavy atom. The highest BCUT2D eigenvalue weighted by molar-refractivity contribution is 5.87. The minimum atomic E-state index is -4.29.